The second kappa shape index (κ2) is 10.9. The van der Waals surface area contributed by atoms with E-state index in [4.69, 9.17) is 9.47 Å². The molecule has 34 heavy (non-hydrogen) atoms. The lowest BCUT2D eigenvalue weighted by Gasteiger charge is -2.10. The molecule has 0 heterocycles. The quantitative estimate of drug-likeness (QED) is 0.114. The van der Waals surface area contributed by atoms with Crippen molar-refractivity contribution in [1.29, 1.82) is 5.26 Å². The van der Waals surface area contributed by atoms with Crippen LogP contribution in [0, 0.1) is 21.4 Å². The number of nitro groups is 1. The number of non-ortho nitro benzene ring substituents is 1. The number of hydrogen-bond acceptors (Lipinski definition) is 7. The maximum Gasteiger partial charge on any atom is 0.343 e. The molecule has 3 aromatic carbocycles. The lowest BCUT2D eigenvalue weighted by molar-refractivity contribution is -0.384. The second-order valence-electron chi connectivity index (χ2n) is 6.73. The fraction of sp³-hybridized carbons (Fsp3) is 0.0417. The number of hydrogen-bond donors (Lipinski definition) is 1. The number of amides is 1. The number of halogens is 1. The molecule has 0 aliphatic heterocycles. The van der Waals surface area contributed by atoms with Crippen LogP contribution in [0.3, 0.4) is 0 Å². The maximum atomic E-state index is 12.6. The number of nitrogens with one attached hydrogen (secondary N) is 1. The summed E-state index contributed by atoms with van der Waals surface area (Å²) in [4.78, 5) is 35.5. The predicted octanol–water partition coefficient (Wildman–Crippen LogP) is 5.13. The number of benzene rings is 3. The van der Waals surface area contributed by atoms with Crippen LogP contribution in [0.25, 0.3) is 6.08 Å². The third-order valence-electron chi connectivity index (χ3n) is 4.48. The van der Waals surface area contributed by atoms with E-state index in [9.17, 15) is 25.0 Å². The monoisotopic (exact) mass is 521 g/mol. The van der Waals surface area contributed by atoms with E-state index in [1.165, 1.54) is 43.5 Å². The highest BCUT2D eigenvalue weighted by Gasteiger charge is 2.16. The number of esters is 1. The van der Waals surface area contributed by atoms with Gasteiger partial charge in [0.25, 0.3) is 11.6 Å². The lowest BCUT2D eigenvalue weighted by atomic mass is 10.1. The molecule has 0 aromatic heterocycles. The molecule has 10 heteroatoms. The Kier molecular flexibility index (Phi) is 7.74. The molecular weight excluding hydrogens is 506 g/mol. The Morgan fingerprint density at radius 1 is 1.12 bits per heavy atom. The summed E-state index contributed by atoms with van der Waals surface area (Å²) in [6, 6.07) is 18.2. The average molecular weight is 522 g/mol. The predicted molar refractivity (Wildman–Crippen MR) is 127 cm³/mol. The van der Waals surface area contributed by atoms with Gasteiger partial charge < -0.3 is 14.8 Å². The van der Waals surface area contributed by atoms with Crippen molar-refractivity contribution < 1.29 is 24.0 Å². The minimum Gasteiger partial charge on any atom is -0.497 e. The van der Waals surface area contributed by atoms with E-state index in [0.717, 1.165) is 0 Å². The zero-order valence-electron chi connectivity index (χ0n) is 17.7. The van der Waals surface area contributed by atoms with Crippen molar-refractivity contribution in [2.45, 2.75) is 0 Å². The molecule has 1 N–H and O–H groups in total. The molecule has 9 nitrogen and oxygen atoms in total. The zero-order chi connectivity index (χ0) is 24.7. The summed E-state index contributed by atoms with van der Waals surface area (Å²) in [7, 11) is 1.51. The summed E-state index contributed by atoms with van der Waals surface area (Å²) in [6.45, 7) is 0. The van der Waals surface area contributed by atoms with Crippen LogP contribution in [0.2, 0.25) is 0 Å². The van der Waals surface area contributed by atoms with Gasteiger partial charge in [0.1, 0.15) is 23.1 Å². The highest BCUT2D eigenvalue weighted by atomic mass is 79.9. The smallest absolute Gasteiger partial charge is 0.343 e. The van der Waals surface area contributed by atoms with Crippen molar-refractivity contribution in [2.75, 3.05) is 12.4 Å². The molecule has 0 saturated heterocycles. The first-order valence-corrected chi connectivity index (χ1v) is 10.4. The number of anilines is 1. The number of methoxy groups -OCH3 is 1. The first-order valence-electron chi connectivity index (χ1n) is 9.64. The molecule has 0 aliphatic rings. The number of carbonyl (C=O) groups is 2. The van der Waals surface area contributed by atoms with E-state index < -0.39 is 16.8 Å². The second-order valence-corrected chi connectivity index (χ2v) is 7.65. The molecule has 0 bridgehead atoms. The SMILES string of the molecule is COc1ccc(C(=O)Oc2ccc(Br)cc2/C=C(\C#N)C(=O)Nc2cccc([N+](=O)[O-])c2)cc1. The number of carbonyl (C=O) groups excluding carboxylic acids is 2. The molecule has 0 unspecified atom stereocenters. The van der Waals surface area contributed by atoms with E-state index in [1.807, 2.05) is 0 Å². The van der Waals surface area contributed by atoms with Gasteiger partial charge in [-0.05, 0) is 54.6 Å². The topological polar surface area (TPSA) is 132 Å². The van der Waals surface area contributed by atoms with Crippen LogP contribution in [0.4, 0.5) is 11.4 Å². The number of nitriles is 1. The standard InChI is InChI=1S/C24H16BrN3O6/c1-33-21-8-5-15(6-9-21)24(30)34-22-10-7-18(25)12-16(22)11-17(14-26)23(29)27-19-3-2-4-20(13-19)28(31)32/h2-13H,1H3,(H,27,29)/b17-11+. The van der Waals surface area contributed by atoms with Crippen LogP contribution in [-0.4, -0.2) is 23.9 Å². The average Bonchev–Trinajstić information content (AvgIpc) is 2.84. The van der Waals surface area contributed by atoms with Crippen molar-refractivity contribution in [1.82, 2.24) is 0 Å². The third-order valence-corrected chi connectivity index (χ3v) is 4.97. The lowest BCUT2D eigenvalue weighted by Crippen LogP contribution is -2.14. The van der Waals surface area contributed by atoms with Gasteiger partial charge in [0.2, 0.25) is 0 Å². The van der Waals surface area contributed by atoms with Crippen LogP contribution >= 0.6 is 15.9 Å². The Balaban J connectivity index is 1.86. The van der Waals surface area contributed by atoms with E-state index >= 15 is 0 Å². The zero-order valence-corrected chi connectivity index (χ0v) is 19.2. The summed E-state index contributed by atoms with van der Waals surface area (Å²) in [6.07, 6.45) is 1.26. The van der Waals surface area contributed by atoms with Crippen molar-refractivity contribution in [3.8, 4) is 17.6 Å². The fourth-order valence-electron chi connectivity index (χ4n) is 2.81. The molecule has 3 rings (SSSR count). The first kappa shape index (κ1) is 24.2. The highest BCUT2D eigenvalue weighted by Crippen LogP contribution is 2.27. The highest BCUT2D eigenvalue weighted by molar-refractivity contribution is 9.10. The molecule has 0 atom stereocenters. The Morgan fingerprint density at radius 3 is 2.50 bits per heavy atom. The number of rotatable bonds is 7. The number of nitrogens with zero attached hydrogens (tertiary/aromatic N) is 2. The van der Waals surface area contributed by atoms with E-state index in [-0.39, 0.29) is 28.3 Å². The summed E-state index contributed by atoms with van der Waals surface area (Å²) in [5.41, 5.74) is 0.219. The Bertz CT molecular complexity index is 1330. The van der Waals surface area contributed by atoms with Crippen molar-refractivity contribution in [3.05, 3.63) is 98.0 Å². The van der Waals surface area contributed by atoms with Gasteiger partial charge in [0.05, 0.1) is 17.6 Å². The number of ether oxygens (including phenoxy) is 2. The summed E-state index contributed by atoms with van der Waals surface area (Å²) in [5.74, 6) is -0.716. The molecule has 0 radical (unpaired) electrons. The first-order chi connectivity index (χ1) is 16.3. The normalized spacial score (nSPS) is 10.7. The van der Waals surface area contributed by atoms with Gasteiger partial charge in [-0.3, -0.25) is 14.9 Å². The van der Waals surface area contributed by atoms with E-state index in [0.29, 0.717) is 15.8 Å². The molecule has 170 valence electrons. The van der Waals surface area contributed by atoms with Gasteiger partial charge in [-0.25, -0.2) is 4.79 Å². The number of nitro benzene ring substituents is 1. The Morgan fingerprint density at radius 2 is 1.85 bits per heavy atom. The maximum absolute atomic E-state index is 12.6. The van der Waals surface area contributed by atoms with Gasteiger partial charge in [0, 0.05) is 27.9 Å². The Hall–Kier alpha value is -4.49. The molecule has 1 amide bonds. The molecular formula is C24H16BrN3O6. The van der Waals surface area contributed by atoms with E-state index in [2.05, 4.69) is 21.2 Å². The summed E-state index contributed by atoms with van der Waals surface area (Å²) in [5, 5.41) is 22.9. The van der Waals surface area contributed by atoms with E-state index in [1.54, 1.807) is 42.5 Å². The summed E-state index contributed by atoms with van der Waals surface area (Å²) >= 11 is 3.32. The third kappa shape index (κ3) is 6.05. The minimum atomic E-state index is -0.782. The van der Waals surface area contributed by atoms with Crippen molar-refractivity contribution in [3.63, 3.8) is 0 Å². The van der Waals surface area contributed by atoms with Crippen LogP contribution in [-0.2, 0) is 4.79 Å². The van der Waals surface area contributed by atoms with Gasteiger partial charge in [-0.2, -0.15) is 5.26 Å². The minimum absolute atomic E-state index is 0.125. The van der Waals surface area contributed by atoms with Crippen LogP contribution in [0.1, 0.15) is 15.9 Å². The molecule has 0 aliphatic carbocycles. The largest absolute Gasteiger partial charge is 0.497 e. The molecule has 0 saturated carbocycles. The molecule has 3 aromatic rings. The van der Waals surface area contributed by atoms with Crippen molar-refractivity contribution in [2.24, 2.45) is 0 Å². The Labute approximate surface area is 202 Å². The van der Waals surface area contributed by atoms with Gasteiger partial charge in [0.15, 0.2) is 0 Å². The van der Waals surface area contributed by atoms with Gasteiger partial charge in [-0.15, -0.1) is 0 Å². The van der Waals surface area contributed by atoms with Gasteiger partial charge >= 0.3 is 5.97 Å². The van der Waals surface area contributed by atoms with Crippen LogP contribution in [0.15, 0.2) is 76.8 Å². The fourth-order valence-corrected chi connectivity index (χ4v) is 3.19. The van der Waals surface area contributed by atoms with Crippen LogP contribution in [0.5, 0.6) is 11.5 Å². The van der Waals surface area contributed by atoms with Gasteiger partial charge in [-0.1, -0.05) is 22.0 Å². The summed E-state index contributed by atoms with van der Waals surface area (Å²) < 4.78 is 11.2. The molecule has 0 spiro atoms. The van der Waals surface area contributed by atoms with Crippen molar-refractivity contribution >= 4 is 45.3 Å². The van der Waals surface area contributed by atoms with Crippen LogP contribution < -0.4 is 14.8 Å². The molecule has 0 fully saturated rings.